The van der Waals surface area contributed by atoms with Crippen molar-refractivity contribution in [1.29, 1.82) is 0 Å². The normalized spacial score (nSPS) is 11.6. The van der Waals surface area contributed by atoms with Crippen LogP contribution in [0.5, 0.6) is 0 Å². The van der Waals surface area contributed by atoms with Crippen molar-refractivity contribution in [3.8, 4) is 0 Å². The first kappa shape index (κ1) is 11.6. The minimum Gasteiger partial charge on any atom is -0.463 e. The number of hydrogen-bond donors (Lipinski definition) is 1. The first-order chi connectivity index (χ1) is 5.93. The maximum atomic E-state index is 10.9. The molecule has 0 aliphatic rings. The van der Waals surface area contributed by atoms with Gasteiger partial charge in [-0.15, -0.1) is 0 Å². The van der Waals surface area contributed by atoms with E-state index in [9.17, 15) is 14.4 Å². The van der Waals surface area contributed by atoms with Crippen molar-refractivity contribution in [2.75, 3.05) is 6.61 Å². The highest BCUT2D eigenvalue weighted by Gasteiger charge is 2.16. The van der Waals surface area contributed by atoms with E-state index in [1.807, 2.05) is 0 Å². The number of Topliss-reactive ketones (excluding diaryl/α,β-unsaturated/α-hetero) is 1. The molecule has 0 rings (SSSR count). The summed E-state index contributed by atoms with van der Waals surface area (Å²) in [5.74, 6) is -1.04. The predicted molar refractivity (Wildman–Crippen MR) is 44.9 cm³/mol. The van der Waals surface area contributed by atoms with E-state index >= 15 is 0 Å². The van der Waals surface area contributed by atoms with Crippen molar-refractivity contribution in [1.82, 2.24) is 5.32 Å². The molecular weight excluding hydrogens is 174 g/mol. The minimum atomic E-state index is -0.735. The Morgan fingerprint density at radius 3 is 2.08 bits per heavy atom. The van der Waals surface area contributed by atoms with E-state index in [4.69, 9.17) is 0 Å². The third-order valence-electron chi connectivity index (χ3n) is 1.32. The van der Waals surface area contributed by atoms with Crippen molar-refractivity contribution >= 4 is 17.7 Å². The minimum absolute atomic E-state index is 0.107. The molecule has 0 aromatic heterocycles. The van der Waals surface area contributed by atoms with Crippen molar-refractivity contribution in [3.63, 3.8) is 0 Å². The molecule has 0 bridgehead atoms. The summed E-state index contributed by atoms with van der Waals surface area (Å²) in [5.41, 5.74) is 0. The van der Waals surface area contributed by atoms with Crippen LogP contribution >= 0.6 is 0 Å². The number of ether oxygens (including phenoxy) is 1. The molecule has 0 spiro atoms. The lowest BCUT2D eigenvalue weighted by Gasteiger charge is -2.13. The van der Waals surface area contributed by atoms with Crippen LogP contribution in [0.1, 0.15) is 20.8 Å². The first-order valence-electron chi connectivity index (χ1n) is 3.84. The molecule has 1 amide bonds. The average molecular weight is 187 g/mol. The lowest BCUT2D eigenvalue weighted by atomic mass is 10.2. The summed E-state index contributed by atoms with van der Waals surface area (Å²) in [6, 6.07) is -0.735. The molecule has 0 aliphatic carbocycles. The second-order valence-electron chi connectivity index (χ2n) is 2.67. The zero-order chi connectivity index (χ0) is 10.4. The van der Waals surface area contributed by atoms with Gasteiger partial charge in [-0.25, -0.2) is 0 Å². The Kier molecular flexibility index (Phi) is 4.72. The lowest BCUT2D eigenvalue weighted by molar-refractivity contribution is -0.143. The molecular formula is C8H13NO4. The topological polar surface area (TPSA) is 72.5 Å². The van der Waals surface area contributed by atoms with E-state index in [2.05, 4.69) is 10.1 Å². The van der Waals surface area contributed by atoms with Crippen LogP contribution in [-0.2, 0) is 19.1 Å². The summed E-state index contributed by atoms with van der Waals surface area (Å²) in [6.45, 7) is 3.75. The molecule has 0 saturated heterocycles. The molecule has 74 valence electrons. The van der Waals surface area contributed by atoms with E-state index in [0.29, 0.717) is 0 Å². The monoisotopic (exact) mass is 187 g/mol. The molecule has 0 aromatic rings. The second kappa shape index (κ2) is 5.29. The zero-order valence-corrected chi connectivity index (χ0v) is 7.92. The Labute approximate surface area is 76.4 Å². The molecule has 1 atom stereocenters. The maximum Gasteiger partial charge on any atom is 0.302 e. The van der Waals surface area contributed by atoms with Gasteiger partial charge in [0.15, 0.2) is 5.78 Å². The SMILES string of the molecule is CC(=O)NC(COC(C)=O)C(C)=O. The number of nitrogens with one attached hydrogen (secondary N) is 1. The third-order valence-corrected chi connectivity index (χ3v) is 1.32. The fourth-order valence-corrected chi connectivity index (χ4v) is 0.707. The van der Waals surface area contributed by atoms with Gasteiger partial charge in [-0.05, 0) is 6.92 Å². The van der Waals surface area contributed by atoms with E-state index < -0.39 is 12.0 Å². The van der Waals surface area contributed by atoms with Crippen LogP contribution in [0.3, 0.4) is 0 Å². The summed E-state index contributed by atoms with van der Waals surface area (Å²) < 4.78 is 4.59. The number of carbonyl (C=O) groups is 3. The molecule has 0 radical (unpaired) electrons. The van der Waals surface area contributed by atoms with Gasteiger partial charge in [-0.1, -0.05) is 0 Å². The summed E-state index contributed by atoms with van der Waals surface area (Å²) in [4.78, 5) is 31.9. The van der Waals surface area contributed by atoms with Crippen molar-refractivity contribution in [3.05, 3.63) is 0 Å². The highest BCUT2D eigenvalue weighted by molar-refractivity contribution is 5.86. The van der Waals surface area contributed by atoms with Gasteiger partial charge in [-0.3, -0.25) is 14.4 Å². The predicted octanol–water partition coefficient (Wildman–Crippen LogP) is -0.357. The zero-order valence-electron chi connectivity index (χ0n) is 7.92. The lowest BCUT2D eigenvalue weighted by Crippen LogP contribution is -2.42. The summed E-state index contributed by atoms with van der Waals surface area (Å²) in [5, 5.41) is 2.37. The smallest absolute Gasteiger partial charge is 0.302 e. The van der Waals surface area contributed by atoms with Gasteiger partial charge in [0.1, 0.15) is 12.6 Å². The average Bonchev–Trinajstić information content (AvgIpc) is 1.96. The Morgan fingerprint density at radius 1 is 1.23 bits per heavy atom. The van der Waals surface area contributed by atoms with Crippen LogP contribution in [0.4, 0.5) is 0 Å². The molecule has 1 unspecified atom stereocenters. The summed E-state index contributed by atoms with van der Waals surface area (Å²) in [7, 11) is 0. The van der Waals surface area contributed by atoms with E-state index in [0.717, 1.165) is 0 Å². The summed E-state index contributed by atoms with van der Waals surface area (Å²) in [6.07, 6.45) is 0. The number of amides is 1. The van der Waals surface area contributed by atoms with Crippen LogP contribution in [0, 0.1) is 0 Å². The summed E-state index contributed by atoms with van der Waals surface area (Å²) >= 11 is 0. The van der Waals surface area contributed by atoms with Crippen molar-refractivity contribution in [2.24, 2.45) is 0 Å². The van der Waals surface area contributed by atoms with Gasteiger partial charge in [0, 0.05) is 13.8 Å². The molecule has 0 aromatic carbocycles. The standard InChI is InChI=1S/C8H13NO4/c1-5(10)8(9-6(2)11)4-13-7(3)12/h8H,4H2,1-3H3,(H,9,11). The van der Waals surface area contributed by atoms with Crippen LogP contribution in [0.2, 0.25) is 0 Å². The number of esters is 1. The Hall–Kier alpha value is -1.39. The van der Waals surface area contributed by atoms with Crippen LogP contribution < -0.4 is 5.32 Å². The molecule has 0 aliphatic heterocycles. The number of carbonyl (C=O) groups excluding carboxylic acids is 3. The second-order valence-corrected chi connectivity index (χ2v) is 2.67. The molecule has 0 heterocycles. The van der Waals surface area contributed by atoms with Crippen molar-refractivity contribution < 1.29 is 19.1 Å². The molecule has 1 N–H and O–H groups in total. The van der Waals surface area contributed by atoms with E-state index in [1.54, 1.807) is 0 Å². The highest BCUT2D eigenvalue weighted by Crippen LogP contribution is 1.89. The van der Waals surface area contributed by atoms with Crippen LogP contribution in [0.15, 0.2) is 0 Å². The van der Waals surface area contributed by atoms with Crippen LogP contribution in [0.25, 0.3) is 0 Å². The molecule has 5 nitrogen and oxygen atoms in total. The first-order valence-corrected chi connectivity index (χ1v) is 3.84. The molecule has 0 fully saturated rings. The van der Waals surface area contributed by atoms with E-state index in [1.165, 1.54) is 20.8 Å². The Morgan fingerprint density at radius 2 is 1.77 bits per heavy atom. The fourth-order valence-electron chi connectivity index (χ4n) is 0.707. The van der Waals surface area contributed by atoms with Gasteiger partial charge in [0.25, 0.3) is 0 Å². The Balaban J connectivity index is 4.02. The Bertz CT molecular complexity index is 224. The van der Waals surface area contributed by atoms with Crippen molar-refractivity contribution in [2.45, 2.75) is 26.8 Å². The van der Waals surface area contributed by atoms with Gasteiger partial charge >= 0.3 is 5.97 Å². The molecule has 0 saturated carbocycles. The molecule has 13 heavy (non-hydrogen) atoms. The highest BCUT2D eigenvalue weighted by atomic mass is 16.5. The van der Waals surface area contributed by atoms with Gasteiger partial charge < -0.3 is 10.1 Å². The van der Waals surface area contributed by atoms with Gasteiger partial charge in [0.05, 0.1) is 0 Å². The van der Waals surface area contributed by atoms with E-state index in [-0.39, 0.29) is 18.3 Å². The van der Waals surface area contributed by atoms with Gasteiger partial charge in [-0.2, -0.15) is 0 Å². The molecule has 5 heteroatoms. The number of ketones is 1. The largest absolute Gasteiger partial charge is 0.463 e. The number of hydrogen-bond acceptors (Lipinski definition) is 4. The maximum absolute atomic E-state index is 10.9. The quantitative estimate of drug-likeness (QED) is 0.610. The van der Waals surface area contributed by atoms with Crippen LogP contribution in [-0.4, -0.2) is 30.3 Å². The number of rotatable bonds is 4. The third kappa shape index (κ3) is 5.84. The van der Waals surface area contributed by atoms with Gasteiger partial charge in [0.2, 0.25) is 5.91 Å². The fraction of sp³-hybridized carbons (Fsp3) is 0.625.